The summed E-state index contributed by atoms with van der Waals surface area (Å²) in [5.41, 5.74) is 1.16. The zero-order valence-electron chi connectivity index (χ0n) is 13.9. The van der Waals surface area contributed by atoms with E-state index in [0.717, 1.165) is 25.2 Å². The summed E-state index contributed by atoms with van der Waals surface area (Å²) in [6, 6.07) is 9.10. The maximum Gasteiger partial charge on any atom is 0.221 e. The molecule has 1 fully saturated rings. The Morgan fingerprint density at radius 3 is 3.09 bits per heavy atom. The highest BCUT2D eigenvalue weighted by molar-refractivity contribution is 7.17. The van der Waals surface area contributed by atoms with Crippen molar-refractivity contribution in [3.05, 3.63) is 35.2 Å². The highest BCUT2D eigenvalue weighted by Crippen LogP contribution is 2.21. The van der Waals surface area contributed by atoms with E-state index in [2.05, 4.69) is 58.9 Å². The summed E-state index contributed by atoms with van der Waals surface area (Å²) in [5.74, 6) is 0.133. The van der Waals surface area contributed by atoms with E-state index in [1.54, 1.807) is 11.3 Å². The van der Waals surface area contributed by atoms with Crippen molar-refractivity contribution in [1.29, 1.82) is 0 Å². The molecule has 1 aliphatic heterocycles. The average Bonchev–Trinajstić information content (AvgIpc) is 3.18. The quantitative estimate of drug-likeness (QED) is 0.883. The Bertz CT molecular complexity index is 669. The smallest absolute Gasteiger partial charge is 0.221 e. The standard InChI is InChI=1S/C18H25N3OS/c1-20-8-5-16(13-20)21(2)9-6-18(22)19-12-14-3-4-17-15(11-14)7-10-23-17/h3-4,7,10-11,16H,5-6,8-9,12-13H2,1-2H3,(H,19,22). The summed E-state index contributed by atoms with van der Waals surface area (Å²) in [7, 11) is 4.28. The molecule has 0 spiro atoms. The molecule has 1 amide bonds. The van der Waals surface area contributed by atoms with Gasteiger partial charge in [-0.05, 0) is 61.6 Å². The minimum Gasteiger partial charge on any atom is -0.352 e. The second kappa shape index (κ2) is 7.43. The van der Waals surface area contributed by atoms with Gasteiger partial charge in [0.25, 0.3) is 0 Å². The van der Waals surface area contributed by atoms with Crippen molar-refractivity contribution in [3.63, 3.8) is 0 Å². The third-order valence-electron chi connectivity index (χ3n) is 4.69. The van der Waals surface area contributed by atoms with Crippen molar-refractivity contribution >= 4 is 27.3 Å². The first-order valence-corrected chi connectivity index (χ1v) is 9.11. The SMILES string of the molecule is CN1CCC(N(C)CCC(=O)NCc2ccc3sccc3c2)C1. The molecule has 23 heavy (non-hydrogen) atoms. The molecular formula is C18H25N3OS. The zero-order valence-corrected chi connectivity index (χ0v) is 14.7. The van der Waals surface area contributed by atoms with Gasteiger partial charge in [-0.2, -0.15) is 0 Å². The maximum absolute atomic E-state index is 12.1. The van der Waals surface area contributed by atoms with E-state index >= 15 is 0 Å². The van der Waals surface area contributed by atoms with Crippen molar-refractivity contribution in [2.75, 3.05) is 33.7 Å². The number of carbonyl (C=O) groups is 1. The van der Waals surface area contributed by atoms with Gasteiger partial charge in [-0.15, -0.1) is 11.3 Å². The molecule has 0 aliphatic carbocycles. The van der Waals surface area contributed by atoms with E-state index < -0.39 is 0 Å². The molecule has 1 aliphatic rings. The Kier molecular flexibility index (Phi) is 5.30. The molecule has 1 aromatic carbocycles. The van der Waals surface area contributed by atoms with E-state index in [0.29, 0.717) is 19.0 Å². The molecule has 0 bridgehead atoms. The van der Waals surface area contributed by atoms with Crippen LogP contribution < -0.4 is 5.32 Å². The lowest BCUT2D eigenvalue weighted by molar-refractivity contribution is -0.121. The summed E-state index contributed by atoms with van der Waals surface area (Å²) in [5, 5.41) is 6.39. The predicted molar refractivity (Wildman–Crippen MR) is 96.8 cm³/mol. The molecule has 1 aromatic heterocycles. The lowest BCUT2D eigenvalue weighted by Crippen LogP contribution is -2.36. The van der Waals surface area contributed by atoms with E-state index in [1.807, 2.05) is 0 Å². The number of nitrogens with one attached hydrogen (secondary N) is 1. The number of carbonyl (C=O) groups excluding carboxylic acids is 1. The lowest BCUT2D eigenvalue weighted by atomic mass is 10.1. The van der Waals surface area contributed by atoms with Crippen LogP contribution >= 0.6 is 11.3 Å². The number of likely N-dealkylation sites (N-methyl/N-ethyl adjacent to an activating group) is 2. The monoisotopic (exact) mass is 331 g/mol. The van der Waals surface area contributed by atoms with Crippen molar-refractivity contribution in [2.45, 2.75) is 25.4 Å². The van der Waals surface area contributed by atoms with Gasteiger partial charge in [0.2, 0.25) is 5.91 Å². The Hall–Kier alpha value is -1.43. The number of fused-ring (bicyclic) bond motifs is 1. The van der Waals surface area contributed by atoms with Crippen molar-refractivity contribution in [3.8, 4) is 0 Å². The molecule has 1 unspecified atom stereocenters. The van der Waals surface area contributed by atoms with Crippen LogP contribution in [0.1, 0.15) is 18.4 Å². The molecule has 4 nitrogen and oxygen atoms in total. The number of likely N-dealkylation sites (tertiary alicyclic amines) is 1. The number of hydrogen-bond donors (Lipinski definition) is 1. The zero-order chi connectivity index (χ0) is 16.2. The Balaban J connectivity index is 1.42. The molecule has 0 saturated carbocycles. The van der Waals surface area contributed by atoms with E-state index in [-0.39, 0.29) is 5.91 Å². The fourth-order valence-corrected chi connectivity index (χ4v) is 3.92. The number of amides is 1. The third kappa shape index (κ3) is 4.31. The van der Waals surface area contributed by atoms with Gasteiger partial charge in [0.1, 0.15) is 0 Å². The Morgan fingerprint density at radius 1 is 1.43 bits per heavy atom. The van der Waals surface area contributed by atoms with Crippen LogP contribution in [-0.4, -0.2) is 55.5 Å². The van der Waals surface area contributed by atoms with Crippen molar-refractivity contribution in [1.82, 2.24) is 15.1 Å². The van der Waals surface area contributed by atoms with Crippen LogP contribution in [0.15, 0.2) is 29.6 Å². The highest BCUT2D eigenvalue weighted by Gasteiger charge is 2.23. The first-order chi connectivity index (χ1) is 11.1. The number of benzene rings is 1. The van der Waals surface area contributed by atoms with Crippen LogP contribution in [0.2, 0.25) is 0 Å². The molecule has 1 saturated heterocycles. The number of thiophene rings is 1. The molecule has 124 valence electrons. The summed E-state index contributed by atoms with van der Waals surface area (Å²) in [6.45, 7) is 3.71. The topological polar surface area (TPSA) is 35.6 Å². The summed E-state index contributed by atoms with van der Waals surface area (Å²) in [4.78, 5) is 16.7. The number of hydrogen-bond acceptors (Lipinski definition) is 4. The lowest BCUT2D eigenvalue weighted by Gasteiger charge is -2.23. The van der Waals surface area contributed by atoms with E-state index in [9.17, 15) is 4.79 Å². The predicted octanol–water partition coefficient (Wildman–Crippen LogP) is 2.54. The molecule has 2 heterocycles. The normalized spacial score (nSPS) is 18.8. The van der Waals surface area contributed by atoms with Gasteiger partial charge < -0.3 is 15.1 Å². The average molecular weight is 331 g/mol. The van der Waals surface area contributed by atoms with Gasteiger partial charge in [-0.1, -0.05) is 6.07 Å². The summed E-state index contributed by atoms with van der Waals surface area (Å²) in [6.07, 6.45) is 1.77. The first kappa shape index (κ1) is 16.4. The van der Waals surface area contributed by atoms with Crippen LogP contribution in [0.25, 0.3) is 10.1 Å². The van der Waals surface area contributed by atoms with Crippen molar-refractivity contribution < 1.29 is 4.79 Å². The summed E-state index contributed by atoms with van der Waals surface area (Å²) >= 11 is 1.75. The van der Waals surface area contributed by atoms with Gasteiger partial charge in [0.15, 0.2) is 0 Å². The second-order valence-electron chi connectivity index (χ2n) is 6.50. The van der Waals surface area contributed by atoms with E-state index in [1.165, 1.54) is 16.5 Å². The first-order valence-electron chi connectivity index (χ1n) is 8.23. The molecule has 1 N–H and O–H groups in total. The van der Waals surface area contributed by atoms with Crippen LogP contribution in [-0.2, 0) is 11.3 Å². The minimum atomic E-state index is 0.133. The van der Waals surface area contributed by atoms with Gasteiger partial charge in [-0.25, -0.2) is 0 Å². The largest absolute Gasteiger partial charge is 0.352 e. The van der Waals surface area contributed by atoms with Gasteiger partial charge in [-0.3, -0.25) is 4.79 Å². The molecule has 1 atom stereocenters. The summed E-state index contributed by atoms with van der Waals surface area (Å²) < 4.78 is 1.29. The van der Waals surface area contributed by atoms with Crippen LogP contribution in [0.5, 0.6) is 0 Å². The fraction of sp³-hybridized carbons (Fsp3) is 0.500. The number of rotatable bonds is 6. The van der Waals surface area contributed by atoms with Gasteiger partial charge in [0.05, 0.1) is 0 Å². The van der Waals surface area contributed by atoms with Crippen LogP contribution in [0.3, 0.4) is 0 Å². The third-order valence-corrected chi connectivity index (χ3v) is 5.59. The molecule has 3 rings (SSSR count). The fourth-order valence-electron chi connectivity index (χ4n) is 3.15. The van der Waals surface area contributed by atoms with E-state index in [4.69, 9.17) is 0 Å². The van der Waals surface area contributed by atoms with Gasteiger partial charge in [0, 0.05) is 36.8 Å². The molecule has 0 radical (unpaired) electrons. The Morgan fingerprint density at radius 2 is 2.30 bits per heavy atom. The van der Waals surface area contributed by atoms with Crippen LogP contribution in [0, 0.1) is 0 Å². The molecule has 5 heteroatoms. The van der Waals surface area contributed by atoms with Crippen molar-refractivity contribution in [2.24, 2.45) is 0 Å². The molecule has 2 aromatic rings. The maximum atomic E-state index is 12.1. The highest BCUT2D eigenvalue weighted by atomic mass is 32.1. The molecular weight excluding hydrogens is 306 g/mol. The Labute approximate surface area is 142 Å². The minimum absolute atomic E-state index is 0.133. The van der Waals surface area contributed by atoms with Crippen LogP contribution in [0.4, 0.5) is 0 Å². The second-order valence-corrected chi connectivity index (χ2v) is 7.45. The van der Waals surface area contributed by atoms with Gasteiger partial charge >= 0.3 is 0 Å². The number of nitrogens with zero attached hydrogens (tertiary/aromatic N) is 2.